The molecule has 2 N–H and O–H groups in total. The van der Waals surface area contributed by atoms with Crippen molar-refractivity contribution in [2.75, 3.05) is 0 Å². The highest BCUT2D eigenvalue weighted by Crippen LogP contribution is 2.29. The van der Waals surface area contributed by atoms with Gasteiger partial charge >= 0.3 is 0 Å². The van der Waals surface area contributed by atoms with Crippen LogP contribution in [-0.2, 0) is 16.5 Å². The molecular formula is C23H32O5S. The predicted octanol–water partition coefficient (Wildman–Crippen LogP) is 6.50. The number of benzene rings is 2. The molecule has 6 heteroatoms. The highest BCUT2D eigenvalue weighted by molar-refractivity contribution is 7.85. The summed E-state index contributed by atoms with van der Waals surface area (Å²) < 4.78 is 37.4. The summed E-state index contributed by atoms with van der Waals surface area (Å²) in [5.41, 5.74) is 0.816. The summed E-state index contributed by atoms with van der Waals surface area (Å²) in [6.07, 6.45) is 12.0. The van der Waals surface area contributed by atoms with Crippen molar-refractivity contribution in [3.63, 3.8) is 0 Å². The maximum atomic E-state index is 11.3. The van der Waals surface area contributed by atoms with Gasteiger partial charge in [-0.3, -0.25) is 4.55 Å². The molecule has 0 spiro atoms. The monoisotopic (exact) mass is 420 g/mol. The molecule has 0 atom stereocenters. The molecule has 0 unspecified atom stereocenters. The zero-order valence-electron chi connectivity index (χ0n) is 17.1. The van der Waals surface area contributed by atoms with E-state index in [1.807, 2.05) is 0 Å². The zero-order valence-corrected chi connectivity index (χ0v) is 18.0. The number of phenols is 1. The lowest BCUT2D eigenvalue weighted by Crippen LogP contribution is -1.98. The fourth-order valence-corrected chi connectivity index (χ4v) is 3.80. The Labute approximate surface area is 174 Å². The first-order valence-electron chi connectivity index (χ1n) is 10.5. The van der Waals surface area contributed by atoms with Crippen LogP contribution in [0.5, 0.6) is 17.2 Å². The molecule has 0 bridgehead atoms. The van der Waals surface area contributed by atoms with Crippen molar-refractivity contribution in [3.8, 4) is 17.2 Å². The van der Waals surface area contributed by atoms with Gasteiger partial charge in [-0.2, -0.15) is 8.42 Å². The van der Waals surface area contributed by atoms with E-state index in [9.17, 15) is 13.5 Å². The van der Waals surface area contributed by atoms with E-state index in [0.29, 0.717) is 11.5 Å². The Morgan fingerprint density at radius 1 is 0.828 bits per heavy atom. The van der Waals surface area contributed by atoms with Crippen LogP contribution in [0.3, 0.4) is 0 Å². The Bertz CT molecular complexity index is 861. The fourth-order valence-electron chi connectivity index (χ4n) is 3.29. The first-order valence-corrected chi connectivity index (χ1v) is 11.9. The second-order valence-corrected chi connectivity index (χ2v) is 8.84. The van der Waals surface area contributed by atoms with Crippen molar-refractivity contribution < 1.29 is 22.8 Å². The second kappa shape index (κ2) is 11.8. The SMILES string of the molecule is CCCCCCCCCCCc1cc(Oc2cccc(S(=O)(=O)O)c2)ccc1O. The number of aryl methyl sites for hydroxylation is 1. The number of rotatable bonds is 13. The lowest BCUT2D eigenvalue weighted by molar-refractivity contribution is 0.454. The van der Waals surface area contributed by atoms with Gasteiger partial charge in [0.15, 0.2) is 0 Å². The summed E-state index contributed by atoms with van der Waals surface area (Å²) in [4.78, 5) is -0.219. The molecular weight excluding hydrogens is 388 g/mol. The third-order valence-electron chi connectivity index (χ3n) is 4.94. The molecule has 2 aromatic carbocycles. The molecule has 0 fully saturated rings. The van der Waals surface area contributed by atoms with Gasteiger partial charge in [-0.15, -0.1) is 0 Å². The lowest BCUT2D eigenvalue weighted by Gasteiger charge is -2.10. The van der Waals surface area contributed by atoms with Crippen LogP contribution in [0.25, 0.3) is 0 Å². The van der Waals surface area contributed by atoms with Crippen molar-refractivity contribution in [3.05, 3.63) is 48.0 Å². The minimum Gasteiger partial charge on any atom is -0.508 e. The average molecular weight is 421 g/mol. The summed E-state index contributed by atoms with van der Waals surface area (Å²) >= 11 is 0. The van der Waals surface area contributed by atoms with E-state index < -0.39 is 10.1 Å². The van der Waals surface area contributed by atoms with Gasteiger partial charge in [0.05, 0.1) is 4.90 Å². The van der Waals surface area contributed by atoms with Crippen LogP contribution in [0, 0.1) is 0 Å². The van der Waals surface area contributed by atoms with Gasteiger partial charge < -0.3 is 9.84 Å². The van der Waals surface area contributed by atoms with E-state index in [4.69, 9.17) is 9.29 Å². The van der Waals surface area contributed by atoms with Gasteiger partial charge in [-0.25, -0.2) is 0 Å². The smallest absolute Gasteiger partial charge is 0.294 e. The Morgan fingerprint density at radius 3 is 2.10 bits per heavy atom. The van der Waals surface area contributed by atoms with Crippen LogP contribution in [-0.4, -0.2) is 18.1 Å². The van der Waals surface area contributed by atoms with Gasteiger partial charge in [0.2, 0.25) is 0 Å². The third-order valence-corrected chi connectivity index (χ3v) is 5.79. The second-order valence-electron chi connectivity index (χ2n) is 7.42. The highest BCUT2D eigenvalue weighted by atomic mass is 32.2. The molecule has 0 saturated heterocycles. The van der Waals surface area contributed by atoms with E-state index in [1.54, 1.807) is 24.3 Å². The third kappa shape index (κ3) is 8.46. The molecule has 0 heterocycles. The van der Waals surface area contributed by atoms with E-state index in [1.165, 1.54) is 63.1 Å². The number of phenolic OH excluding ortho intramolecular Hbond substituents is 1. The summed E-state index contributed by atoms with van der Waals surface area (Å²) in [5, 5.41) is 10.1. The molecule has 0 aliphatic heterocycles. The number of aromatic hydroxyl groups is 1. The Hall–Kier alpha value is -2.05. The van der Waals surface area contributed by atoms with E-state index in [0.717, 1.165) is 24.8 Å². The van der Waals surface area contributed by atoms with Crippen LogP contribution < -0.4 is 4.74 Å². The number of unbranched alkanes of at least 4 members (excludes halogenated alkanes) is 8. The fraction of sp³-hybridized carbons (Fsp3) is 0.478. The topological polar surface area (TPSA) is 83.8 Å². The molecule has 5 nitrogen and oxygen atoms in total. The van der Waals surface area contributed by atoms with Gasteiger partial charge in [-0.05, 0) is 48.7 Å². The minimum atomic E-state index is -4.28. The van der Waals surface area contributed by atoms with Gasteiger partial charge in [0.25, 0.3) is 10.1 Å². The minimum absolute atomic E-state index is 0.219. The van der Waals surface area contributed by atoms with E-state index in [-0.39, 0.29) is 10.6 Å². The zero-order chi connectivity index (χ0) is 21.1. The lowest BCUT2D eigenvalue weighted by atomic mass is 10.0. The van der Waals surface area contributed by atoms with E-state index in [2.05, 4.69) is 6.92 Å². The average Bonchev–Trinajstić information content (AvgIpc) is 2.68. The molecule has 0 aliphatic rings. The molecule has 2 aromatic rings. The van der Waals surface area contributed by atoms with Crippen LogP contribution >= 0.6 is 0 Å². The summed E-state index contributed by atoms with van der Waals surface area (Å²) in [7, 11) is -4.28. The van der Waals surface area contributed by atoms with E-state index >= 15 is 0 Å². The predicted molar refractivity (Wildman–Crippen MR) is 115 cm³/mol. The molecule has 0 radical (unpaired) electrons. The summed E-state index contributed by atoms with van der Waals surface area (Å²) in [6.45, 7) is 2.23. The molecule has 0 aromatic heterocycles. The summed E-state index contributed by atoms with van der Waals surface area (Å²) in [5.74, 6) is 1.06. The van der Waals surface area contributed by atoms with Gasteiger partial charge in [-0.1, -0.05) is 64.4 Å². The molecule has 2 rings (SSSR count). The van der Waals surface area contributed by atoms with Crippen LogP contribution in [0.1, 0.15) is 70.3 Å². The van der Waals surface area contributed by atoms with Crippen LogP contribution in [0.4, 0.5) is 0 Å². The molecule has 0 amide bonds. The molecule has 160 valence electrons. The Morgan fingerprint density at radius 2 is 1.45 bits per heavy atom. The number of ether oxygens (including phenoxy) is 1. The van der Waals surface area contributed by atoms with Crippen molar-refractivity contribution in [2.45, 2.75) is 76.0 Å². The maximum absolute atomic E-state index is 11.3. The first kappa shape index (κ1) is 23.2. The standard InChI is InChI=1S/C23H32O5S/c1-2-3-4-5-6-7-8-9-10-12-19-17-21(15-16-23(19)24)28-20-13-11-14-22(18-20)29(25,26)27/h11,13-18,24H,2-10,12H2,1H3,(H,25,26,27). The number of hydrogen-bond acceptors (Lipinski definition) is 4. The molecule has 29 heavy (non-hydrogen) atoms. The van der Waals surface area contributed by atoms with Crippen LogP contribution in [0.15, 0.2) is 47.4 Å². The number of hydrogen-bond donors (Lipinski definition) is 2. The van der Waals surface area contributed by atoms with Crippen molar-refractivity contribution in [1.82, 2.24) is 0 Å². The Balaban J connectivity index is 1.84. The Kier molecular flexibility index (Phi) is 9.48. The van der Waals surface area contributed by atoms with Crippen molar-refractivity contribution in [2.24, 2.45) is 0 Å². The van der Waals surface area contributed by atoms with Gasteiger partial charge in [0, 0.05) is 6.07 Å². The highest BCUT2D eigenvalue weighted by Gasteiger charge is 2.11. The van der Waals surface area contributed by atoms with Gasteiger partial charge in [0.1, 0.15) is 17.2 Å². The summed E-state index contributed by atoms with van der Waals surface area (Å²) in [6, 6.07) is 10.7. The normalized spacial score (nSPS) is 11.5. The van der Waals surface area contributed by atoms with Crippen molar-refractivity contribution in [1.29, 1.82) is 0 Å². The molecule has 0 aliphatic carbocycles. The first-order chi connectivity index (χ1) is 13.9. The largest absolute Gasteiger partial charge is 0.508 e. The maximum Gasteiger partial charge on any atom is 0.294 e. The van der Waals surface area contributed by atoms with Crippen LogP contribution in [0.2, 0.25) is 0 Å². The molecule has 0 saturated carbocycles. The van der Waals surface area contributed by atoms with Crippen molar-refractivity contribution >= 4 is 10.1 Å². The quantitative estimate of drug-likeness (QED) is 0.285.